The molecule has 0 spiro atoms. The van der Waals surface area contributed by atoms with Crippen LogP contribution in [0, 0.1) is 5.41 Å². The summed E-state index contributed by atoms with van der Waals surface area (Å²) in [6.07, 6.45) is -9.00. The summed E-state index contributed by atoms with van der Waals surface area (Å²) in [6.45, 7) is 2.69. The van der Waals surface area contributed by atoms with Crippen LogP contribution in [0.5, 0.6) is 0 Å². The van der Waals surface area contributed by atoms with Crippen LogP contribution in [-0.4, -0.2) is 45.2 Å². The van der Waals surface area contributed by atoms with Crippen LogP contribution in [-0.2, 0) is 33.6 Å². The molecule has 0 unspecified atom stereocenters. The fraction of sp³-hybridized carbons (Fsp3) is 0.259. The lowest BCUT2D eigenvalue weighted by Crippen LogP contribution is -2.42. The molecule has 11 nitrogen and oxygen atoms in total. The van der Waals surface area contributed by atoms with Gasteiger partial charge in [-0.2, -0.15) is 26.3 Å². The lowest BCUT2D eigenvalue weighted by molar-refractivity contribution is -0.174. The predicted octanol–water partition coefficient (Wildman–Crippen LogP) is 3.22. The Morgan fingerprint density at radius 1 is 1.02 bits per heavy atom. The maximum Gasteiger partial charge on any atom is 0.460 e. The molecule has 17 heteroatoms. The number of amides is 2. The first-order chi connectivity index (χ1) is 20.4. The molecule has 0 saturated carbocycles. The maximum atomic E-state index is 13.4. The van der Waals surface area contributed by atoms with Gasteiger partial charge in [0, 0.05) is 29.4 Å². The van der Waals surface area contributed by atoms with Crippen molar-refractivity contribution < 1.29 is 40.7 Å². The fourth-order valence-corrected chi connectivity index (χ4v) is 3.77. The molecule has 2 amide bonds. The summed E-state index contributed by atoms with van der Waals surface area (Å²) in [6, 6.07) is 7.71. The molecule has 3 aromatic rings. The Balaban J connectivity index is 1.79. The largest absolute Gasteiger partial charge is 0.460 e. The maximum absolute atomic E-state index is 13.4. The van der Waals surface area contributed by atoms with Crippen molar-refractivity contribution in [3.8, 4) is 11.3 Å². The van der Waals surface area contributed by atoms with Gasteiger partial charge < -0.3 is 21.7 Å². The van der Waals surface area contributed by atoms with Gasteiger partial charge in [0.2, 0.25) is 5.91 Å². The zero-order chi connectivity index (χ0) is 33.0. The van der Waals surface area contributed by atoms with Gasteiger partial charge in [0.25, 0.3) is 5.56 Å². The van der Waals surface area contributed by atoms with E-state index in [1.165, 1.54) is 30.3 Å². The van der Waals surface area contributed by atoms with Gasteiger partial charge in [0.15, 0.2) is 5.82 Å². The first-order valence-electron chi connectivity index (χ1n) is 12.6. The molecule has 0 fully saturated rings. The van der Waals surface area contributed by atoms with E-state index in [1.807, 2.05) is 0 Å². The van der Waals surface area contributed by atoms with Gasteiger partial charge in [-0.15, -0.1) is 0 Å². The molecule has 2 aromatic carbocycles. The fourth-order valence-electron chi connectivity index (χ4n) is 3.77. The van der Waals surface area contributed by atoms with Gasteiger partial charge in [-0.1, -0.05) is 24.3 Å². The highest BCUT2D eigenvalue weighted by atomic mass is 19.4. The number of alkyl halides is 6. The number of hydrogen-bond donors (Lipinski definition) is 5. The highest BCUT2D eigenvalue weighted by Crippen LogP contribution is 2.34. The van der Waals surface area contributed by atoms with Crippen LogP contribution in [0.1, 0.15) is 30.5 Å². The van der Waals surface area contributed by atoms with Crippen LogP contribution in [0.15, 0.2) is 53.5 Å². The molecule has 0 saturated heterocycles. The lowest BCUT2D eigenvalue weighted by atomic mass is 10.1. The molecule has 1 heterocycles. The summed E-state index contributed by atoms with van der Waals surface area (Å²) in [4.78, 5) is 52.5. The number of nitrogens with two attached hydrogens (primary N) is 1. The zero-order valence-corrected chi connectivity index (χ0v) is 23.0. The van der Waals surface area contributed by atoms with Crippen molar-refractivity contribution in [2.45, 2.75) is 45.3 Å². The number of halogens is 6. The average molecular weight is 626 g/mol. The third-order valence-corrected chi connectivity index (χ3v) is 5.79. The van der Waals surface area contributed by atoms with Crippen molar-refractivity contribution in [3.63, 3.8) is 0 Å². The van der Waals surface area contributed by atoms with Crippen molar-refractivity contribution in [1.82, 2.24) is 20.2 Å². The molecule has 0 aliphatic carbocycles. The molecule has 1 aromatic heterocycles. The Morgan fingerprint density at radius 3 is 2.23 bits per heavy atom. The standard InChI is InChI=1S/C27H25F6N7O4/c1-13(2)38-23-25(44)40(19(11-37-23)16-7-17(26(28,29)30)9-18(34)8-16)12-20(41)36-10-14-3-5-15(6-4-14)22(35)39-24(43)21(42)27(31,32)33/h3-9,11,13H,10,12,34H2,1-2H3,(H,36,41)(H,37,38)(H2,35,39,43). The van der Waals surface area contributed by atoms with Gasteiger partial charge in [0.1, 0.15) is 12.4 Å². The smallest absolute Gasteiger partial charge is 0.399 e. The minimum absolute atomic E-state index is 0.0399. The number of aromatic nitrogens is 2. The van der Waals surface area contributed by atoms with Crippen molar-refractivity contribution in [3.05, 3.63) is 75.7 Å². The number of nitrogens with zero attached hydrogens (tertiary/aromatic N) is 2. The van der Waals surface area contributed by atoms with Crippen LogP contribution in [0.2, 0.25) is 0 Å². The summed E-state index contributed by atoms with van der Waals surface area (Å²) in [5.41, 5.74) is 3.79. The number of amidine groups is 1. The van der Waals surface area contributed by atoms with E-state index in [2.05, 4.69) is 15.6 Å². The van der Waals surface area contributed by atoms with Gasteiger partial charge in [-0.05, 0) is 37.6 Å². The summed E-state index contributed by atoms with van der Waals surface area (Å²) in [5.74, 6) is -6.32. The molecule has 0 atom stereocenters. The summed E-state index contributed by atoms with van der Waals surface area (Å²) < 4.78 is 78.4. The molecule has 0 bridgehead atoms. The third-order valence-electron chi connectivity index (χ3n) is 5.79. The third kappa shape index (κ3) is 8.42. The minimum Gasteiger partial charge on any atom is -0.399 e. The quantitative estimate of drug-likeness (QED) is 0.0799. The van der Waals surface area contributed by atoms with Crippen LogP contribution < -0.4 is 27.2 Å². The molecular formula is C27H25F6N7O4. The van der Waals surface area contributed by atoms with Gasteiger partial charge in [0.05, 0.1) is 17.5 Å². The molecule has 0 aliphatic heterocycles. The van der Waals surface area contributed by atoms with E-state index in [-0.39, 0.29) is 40.9 Å². The second kappa shape index (κ2) is 13.0. The number of nitrogens with one attached hydrogen (secondary N) is 4. The molecule has 234 valence electrons. The van der Waals surface area contributed by atoms with Crippen molar-refractivity contribution >= 4 is 34.9 Å². The number of carbonyl (C=O) groups is 3. The Hall–Kier alpha value is -5.22. The Labute approximate surface area is 245 Å². The van der Waals surface area contributed by atoms with E-state index in [9.17, 15) is 45.5 Å². The van der Waals surface area contributed by atoms with Crippen LogP contribution in [0.4, 0.5) is 37.8 Å². The number of nitrogen functional groups attached to an aromatic ring is 1. The number of hydrogen-bond acceptors (Lipinski definition) is 8. The van der Waals surface area contributed by atoms with E-state index >= 15 is 0 Å². The molecule has 3 rings (SSSR count). The monoisotopic (exact) mass is 625 g/mol. The number of carbonyl (C=O) groups excluding carboxylic acids is 3. The summed E-state index contributed by atoms with van der Waals surface area (Å²) in [5, 5.41) is 14.6. The van der Waals surface area contributed by atoms with Crippen LogP contribution >= 0.6 is 0 Å². The predicted molar refractivity (Wildman–Crippen MR) is 146 cm³/mol. The van der Waals surface area contributed by atoms with Crippen molar-refractivity contribution in [1.29, 1.82) is 5.41 Å². The van der Waals surface area contributed by atoms with E-state index in [0.717, 1.165) is 22.9 Å². The van der Waals surface area contributed by atoms with E-state index in [4.69, 9.17) is 11.1 Å². The molecule has 0 radical (unpaired) electrons. The molecule has 44 heavy (non-hydrogen) atoms. The number of anilines is 2. The summed E-state index contributed by atoms with van der Waals surface area (Å²) in [7, 11) is 0. The van der Waals surface area contributed by atoms with E-state index in [1.54, 1.807) is 19.2 Å². The second-order valence-electron chi connectivity index (χ2n) is 9.65. The summed E-state index contributed by atoms with van der Waals surface area (Å²) >= 11 is 0. The normalized spacial score (nSPS) is 11.7. The lowest BCUT2D eigenvalue weighted by Gasteiger charge is -2.17. The van der Waals surface area contributed by atoms with Crippen molar-refractivity contribution in [2.24, 2.45) is 0 Å². The van der Waals surface area contributed by atoms with Crippen LogP contribution in [0.25, 0.3) is 11.3 Å². The van der Waals surface area contributed by atoms with E-state index in [0.29, 0.717) is 5.56 Å². The SMILES string of the molecule is CC(C)Nc1ncc(-c2cc(N)cc(C(F)(F)F)c2)n(CC(=O)NCc2ccc(C(=N)NC(=O)C(=O)C(F)(F)F)cc2)c1=O. The number of Topliss-reactive ketones (excluding diaryl/α,β-unsaturated/α-hetero) is 1. The molecule has 6 N–H and O–H groups in total. The first kappa shape index (κ1) is 33.3. The van der Waals surface area contributed by atoms with Crippen LogP contribution in [0.3, 0.4) is 0 Å². The molecule has 0 aliphatic rings. The highest BCUT2D eigenvalue weighted by molar-refractivity contribution is 6.41. The second-order valence-corrected chi connectivity index (χ2v) is 9.65. The van der Waals surface area contributed by atoms with Crippen molar-refractivity contribution in [2.75, 3.05) is 11.1 Å². The Morgan fingerprint density at radius 2 is 1.66 bits per heavy atom. The zero-order valence-electron chi connectivity index (χ0n) is 23.0. The Bertz CT molecular complexity index is 1650. The number of benzene rings is 2. The number of ketones is 1. The topological polar surface area (TPSA) is 172 Å². The highest BCUT2D eigenvalue weighted by Gasteiger charge is 2.43. The average Bonchev–Trinajstić information content (AvgIpc) is 2.92. The minimum atomic E-state index is -5.40. The molecular weight excluding hydrogens is 600 g/mol. The van der Waals surface area contributed by atoms with E-state index < -0.39 is 53.5 Å². The van der Waals surface area contributed by atoms with Gasteiger partial charge in [-0.25, -0.2) is 4.98 Å². The first-order valence-corrected chi connectivity index (χ1v) is 12.6. The van der Waals surface area contributed by atoms with Gasteiger partial charge in [-0.3, -0.25) is 29.2 Å². The van der Waals surface area contributed by atoms with Gasteiger partial charge >= 0.3 is 24.0 Å². The Kier molecular flexibility index (Phi) is 9.81. The number of rotatable bonds is 9.